The molecular weight excluding hydrogens is 406 g/mol. The number of nitrogens with two attached hydrogens (primary N) is 2. The fourth-order valence-electron chi connectivity index (χ4n) is 2.47. The van der Waals surface area contributed by atoms with E-state index in [1.165, 1.54) is 0 Å². The highest BCUT2D eigenvalue weighted by molar-refractivity contribution is 9.10. The average molecular weight is 430 g/mol. The minimum Gasteiger partial charge on any atom is -0.505 e. The van der Waals surface area contributed by atoms with Crippen LogP contribution in [0.15, 0.2) is 57.4 Å². The van der Waals surface area contributed by atoms with E-state index in [0.717, 1.165) is 16.5 Å². The molecule has 0 radical (unpaired) electrons. The van der Waals surface area contributed by atoms with Gasteiger partial charge in [0.25, 0.3) is 0 Å². The van der Waals surface area contributed by atoms with Gasteiger partial charge in [-0.1, -0.05) is 31.7 Å². The highest BCUT2D eigenvalue weighted by Crippen LogP contribution is 2.37. The van der Waals surface area contributed by atoms with Gasteiger partial charge in [0.05, 0.1) is 5.69 Å². The van der Waals surface area contributed by atoms with Crippen LogP contribution in [0.1, 0.15) is 18.1 Å². The highest BCUT2D eigenvalue weighted by atomic mass is 79.9. The third-order valence-corrected chi connectivity index (χ3v) is 4.72. The second kappa shape index (κ2) is 8.73. The third-order valence-electron chi connectivity index (χ3n) is 4.05. The van der Waals surface area contributed by atoms with Crippen molar-refractivity contribution in [2.24, 2.45) is 21.5 Å². The number of aryl methyl sites for hydroxylation is 1. The van der Waals surface area contributed by atoms with Gasteiger partial charge >= 0.3 is 0 Å². The van der Waals surface area contributed by atoms with Crippen LogP contribution in [-0.2, 0) is 6.42 Å². The fraction of sp³-hybridized carbons (Fsp3) is 0.200. The van der Waals surface area contributed by atoms with Crippen LogP contribution in [0.5, 0.6) is 5.75 Å². The summed E-state index contributed by atoms with van der Waals surface area (Å²) in [5.41, 5.74) is 15.3. The molecule has 0 atom stereocenters. The number of para-hydroxylation sites is 1. The quantitative estimate of drug-likeness (QED) is 0.494. The van der Waals surface area contributed by atoms with Crippen molar-refractivity contribution >= 4 is 44.7 Å². The van der Waals surface area contributed by atoms with E-state index in [1.807, 2.05) is 50.2 Å². The Hall–Kier alpha value is -2.80. The zero-order valence-electron chi connectivity index (χ0n) is 15.7. The number of aromatic hydroxyl groups is 1. The SMILES string of the molecule is C=C(c1c(CC)ccc(N=C(N)C(N)=Nc2ccccc2Br)c1O)N(C)C. The van der Waals surface area contributed by atoms with E-state index in [9.17, 15) is 5.11 Å². The van der Waals surface area contributed by atoms with Crippen molar-refractivity contribution < 1.29 is 5.11 Å². The van der Waals surface area contributed by atoms with Crippen LogP contribution in [0.4, 0.5) is 11.4 Å². The third kappa shape index (κ3) is 4.68. The van der Waals surface area contributed by atoms with Crippen molar-refractivity contribution in [1.82, 2.24) is 4.90 Å². The molecule has 6 nitrogen and oxygen atoms in total. The molecule has 0 aromatic heterocycles. The smallest absolute Gasteiger partial charge is 0.166 e. The van der Waals surface area contributed by atoms with Gasteiger partial charge in [-0.2, -0.15) is 0 Å². The Morgan fingerprint density at radius 3 is 2.22 bits per heavy atom. The van der Waals surface area contributed by atoms with Gasteiger partial charge in [-0.3, -0.25) is 0 Å². The molecule has 0 saturated heterocycles. The standard InChI is InChI=1S/C20H24BrN5O/c1-5-13-10-11-16(18(27)17(13)12(2)26(3)4)25-20(23)19(22)24-15-9-7-6-8-14(15)21/h6-11,27H,2,5H2,1,3-4H3,(H2,22,24)(H2,23,25). The number of halogens is 1. The number of nitrogens with zero attached hydrogens (tertiary/aromatic N) is 3. The lowest BCUT2D eigenvalue weighted by atomic mass is 10.00. The van der Waals surface area contributed by atoms with Gasteiger partial charge in [0, 0.05) is 29.8 Å². The van der Waals surface area contributed by atoms with Crippen LogP contribution in [-0.4, -0.2) is 35.8 Å². The predicted octanol–water partition coefficient (Wildman–Crippen LogP) is 3.93. The number of benzene rings is 2. The van der Waals surface area contributed by atoms with Crippen molar-refractivity contribution in [3.63, 3.8) is 0 Å². The molecule has 0 saturated carbocycles. The van der Waals surface area contributed by atoms with E-state index in [0.29, 0.717) is 22.6 Å². The molecule has 0 unspecified atom stereocenters. The minimum atomic E-state index is 0.0182. The number of aliphatic imine (C=N–C) groups is 2. The maximum Gasteiger partial charge on any atom is 0.166 e. The van der Waals surface area contributed by atoms with E-state index in [2.05, 4.69) is 32.5 Å². The van der Waals surface area contributed by atoms with Crippen LogP contribution < -0.4 is 11.5 Å². The van der Waals surface area contributed by atoms with Crippen molar-refractivity contribution in [1.29, 1.82) is 0 Å². The molecule has 2 aromatic rings. The monoisotopic (exact) mass is 429 g/mol. The summed E-state index contributed by atoms with van der Waals surface area (Å²) >= 11 is 3.41. The van der Waals surface area contributed by atoms with Gasteiger partial charge in [-0.25, -0.2) is 9.98 Å². The first kappa shape index (κ1) is 20.5. The van der Waals surface area contributed by atoms with E-state index >= 15 is 0 Å². The van der Waals surface area contributed by atoms with Crippen molar-refractivity contribution in [3.05, 3.63) is 58.6 Å². The van der Waals surface area contributed by atoms with E-state index in [4.69, 9.17) is 11.5 Å². The van der Waals surface area contributed by atoms with Crippen LogP contribution in [0, 0.1) is 0 Å². The Balaban J connectivity index is 2.47. The molecule has 0 bridgehead atoms. The number of hydrogen-bond acceptors (Lipinski definition) is 4. The molecule has 2 rings (SSSR count). The van der Waals surface area contributed by atoms with Gasteiger partial charge in [0.1, 0.15) is 5.69 Å². The lowest BCUT2D eigenvalue weighted by Crippen LogP contribution is -2.30. The fourth-order valence-corrected chi connectivity index (χ4v) is 2.84. The Kier molecular flexibility index (Phi) is 6.63. The topological polar surface area (TPSA) is 100 Å². The molecule has 0 heterocycles. The zero-order valence-corrected chi connectivity index (χ0v) is 17.3. The van der Waals surface area contributed by atoms with Gasteiger partial charge in [0.15, 0.2) is 17.4 Å². The number of phenolic OH excluding ortho intramolecular Hbond substituents is 1. The van der Waals surface area contributed by atoms with Crippen molar-refractivity contribution in [3.8, 4) is 5.75 Å². The lowest BCUT2D eigenvalue weighted by molar-refractivity contribution is 0.470. The summed E-state index contributed by atoms with van der Waals surface area (Å²) in [6.45, 7) is 6.06. The van der Waals surface area contributed by atoms with Crippen LogP contribution >= 0.6 is 15.9 Å². The molecule has 7 heteroatoms. The Morgan fingerprint density at radius 1 is 1.07 bits per heavy atom. The predicted molar refractivity (Wildman–Crippen MR) is 117 cm³/mol. The molecule has 27 heavy (non-hydrogen) atoms. The lowest BCUT2D eigenvalue weighted by Gasteiger charge is -2.20. The van der Waals surface area contributed by atoms with Gasteiger partial charge < -0.3 is 21.5 Å². The molecule has 0 amide bonds. The Bertz CT molecular complexity index is 919. The number of hydrogen-bond donors (Lipinski definition) is 3. The summed E-state index contributed by atoms with van der Waals surface area (Å²) in [4.78, 5) is 10.4. The zero-order chi connectivity index (χ0) is 20.1. The van der Waals surface area contributed by atoms with Crippen molar-refractivity contribution in [2.45, 2.75) is 13.3 Å². The molecule has 5 N–H and O–H groups in total. The average Bonchev–Trinajstić information content (AvgIpc) is 2.64. The number of amidine groups is 2. The second-order valence-corrected chi connectivity index (χ2v) is 6.96. The first-order chi connectivity index (χ1) is 12.8. The molecule has 2 aromatic carbocycles. The van der Waals surface area contributed by atoms with Crippen LogP contribution in [0.3, 0.4) is 0 Å². The van der Waals surface area contributed by atoms with Gasteiger partial charge in [0.2, 0.25) is 0 Å². The Labute approximate surface area is 168 Å². The number of rotatable bonds is 5. The van der Waals surface area contributed by atoms with Crippen LogP contribution in [0.2, 0.25) is 0 Å². The summed E-state index contributed by atoms with van der Waals surface area (Å²) in [7, 11) is 3.74. The minimum absolute atomic E-state index is 0.0182. The van der Waals surface area contributed by atoms with Crippen molar-refractivity contribution in [2.75, 3.05) is 14.1 Å². The number of phenols is 1. The van der Waals surface area contributed by atoms with Crippen LogP contribution in [0.25, 0.3) is 5.70 Å². The molecule has 0 aliphatic heterocycles. The van der Waals surface area contributed by atoms with E-state index in [1.54, 1.807) is 12.1 Å². The second-order valence-electron chi connectivity index (χ2n) is 6.11. The molecule has 142 valence electrons. The molecule has 0 aliphatic carbocycles. The summed E-state index contributed by atoms with van der Waals surface area (Å²) in [6, 6.07) is 11.0. The summed E-state index contributed by atoms with van der Waals surface area (Å²) < 4.78 is 0.792. The van der Waals surface area contributed by atoms with Gasteiger partial charge in [-0.15, -0.1) is 0 Å². The molecular formula is C20H24BrN5O. The van der Waals surface area contributed by atoms with E-state index < -0.39 is 0 Å². The molecule has 0 spiro atoms. The highest BCUT2D eigenvalue weighted by Gasteiger charge is 2.16. The summed E-state index contributed by atoms with van der Waals surface area (Å²) in [5, 5.41) is 10.7. The molecule has 0 fully saturated rings. The Morgan fingerprint density at radius 2 is 1.67 bits per heavy atom. The normalized spacial score (nSPS) is 12.1. The maximum absolute atomic E-state index is 10.7. The molecule has 0 aliphatic rings. The summed E-state index contributed by atoms with van der Waals surface area (Å²) in [5.74, 6) is 0.102. The largest absolute Gasteiger partial charge is 0.505 e. The maximum atomic E-state index is 10.7. The van der Waals surface area contributed by atoms with E-state index in [-0.39, 0.29) is 17.4 Å². The first-order valence-corrected chi connectivity index (χ1v) is 9.20. The summed E-state index contributed by atoms with van der Waals surface area (Å²) in [6.07, 6.45) is 0.751. The van der Waals surface area contributed by atoms with Gasteiger partial charge in [-0.05, 0) is 46.1 Å². The first-order valence-electron chi connectivity index (χ1n) is 8.40.